The van der Waals surface area contributed by atoms with Crippen LogP contribution in [0.25, 0.3) is 0 Å². The van der Waals surface area contributed by atoms with Crippen LogP contribution >= 0.6 is 22.6 Å². The molecule has 2 heteroatoms. The summed E-state index contributed by atoms with van der Waals surface area (Å²) in [5.41, 5.74) is 1.67. The average Bonchev–Trinajstić information content (AvgIpc) is 2.02. The van der Waals surface area contributed by atoms with Gasteiger partial charge in [-0.1, -0.05) is 12.1 Å². The molecule has 0 aliphatic carbocycles. The molecule has 1 aliphatic rings. The lowest BCUT2D eigenvalue weighted by molar-refractivity contribution is 0.237. The van der Waals surface area contributed by atoms with Crippen LogP contribution in [-0.2, 0) is 5.54 Å². The van der Waals surface area contributed by atoms with Crippen LogP contribution < -0.4 is 5.32 Å². The molecule has 64 valence electrons. The zero-order valence-corrected chi connectivity index (χ0v) is 9.26. The van der Waals surface area contributed by atoms with E-state index in [9.17, 15) is 0 Å². The van der Waals surface area contributed by atoms with Gasteiger partial charge in [-0.3, -0.25) is 0 Å². The first-order valence-corrected chi connectivity index (χ1v) is 5.30. The molecule has 1 saturated heterocycles. The van der Waals surface area contributed by atoms with E-state index in [1.807, 2.05) is 0 Å². The molecule has 1 aromatic rings. The van der Waals surface area contributed by atoms with Crippen molar-refractivity contribution >= 4 is 22.6 Å². The average molecular weight is 273 g/mol. The minimum Gasteiger partial charge on any atom is -0.307 e. The predicted octanol–water partition coefficient (Wildman–Crippen LogP) is 2.50. The van der Waals surface area contributed by atoms with Crippen molar-refractivity contribution in [3.8, 4) is 0 Å². The van der Waals surface area contributed by atoms with E-state index in [1.54, 1.807) is 0 Å². The highest BCUT2D eigenvalue weighted by molar-refractivity contribution is 14.1. The van der Waals surface area contributed by atoms with Crippen LogP contribution in [0.4, 0.5) is 0 Å². The van der Waals surface area contributed by atoms with Gasteiger partial charge < -0.3 is 5.32 Å². The molecule has 1 aromatic carbocycles. The maximum Gasteiger partial charge on any atom is 0.0418 e. The van der Waals surface area contributed by atoms with Crippen molar-refractivity contribution in [3.63, 3.8) is 0 Å². The third-order valence-electron chi connectivity index (χ3n) is 2.62. The molecule has 12 heavy (non-hydrogen) atoms. The quantitative estimate of drug-likeness (QED) is 0.775. The number of hydrogen-bond donors (Lipinski definition) is 1. The van der Waals surface area contributed by atoms with Gasteiger partial charge in [-0.15, -0.1) is 0 Å². The van der Waals surface area contributed by atoms with Gasteiger partial charge in [0.15, 0.2) is 0 Å². The van der Waals surface area contributed by atoms with Crippen LogP contribution in [0, 0.1) is 3.57 Å². The Morgan fingerprint density at radius 3 is 2.33 bits per heavy atom. The fourth-order valence-corrected chi connectivity index (χ4v) is 1.92. The van der Waals surface area contributed by atoms with Crippen molar-refractivity contribution in [3.05, 3.63) is 33.4 Å². The highest BCUT2D eigenvalue weighted by atomic mass is 127. The van der Waals surface area contributed by atoms with Gasteiger partial charge in [-0.05, 0) is 60.2 Å². The normalized spacial score (nSPS) is 28.2. The maximum absolute atomic E-state index is 3.46. The van der Waals surface area contributed by atoms with Crippen molar-refractivity contribution in [1.29, 1.82) is 0 Å². The Kier molecular flexibility index (Phi) is 2.12. The molecule has 0 aromatic heterocycles. The number of benzene rings is 1. The largest absolute Gasteiger partial charge is 0.307 e. The molecular weight excluding hydrogens is 261 g/mol. The van der Waals surface area contributed by atoms with Gasteiger partial charge in [0.05, 0.1) is 0 Å². The molecule has 0 saturated carbocycles. The second-order valence-corrected chi connectivity index (χ2v) is 4.76. The van der Waals surface area contributed by atoms with E-state index in [4.69, 9.17) is 0 Å². The van der Waals surface area contributed by atoms with E-state index < -0.39 is 0 Å². The summed E-state index contributed by atoms with van der Waals surface area (Å²) in [7, 11) is 0. The Balaban J connectivity index is 2.28. The van der Waals surface area contributed by atoms with E-state index in [0.29, 0.717) is 0 Å². The van der Waals surface area contributed by atoms with E-state index in [0.717, 1.165) is 6.54 Å². The lowest BCUT2D eigenvalue weighted by atomic mass is 9.83. The third kappa shape index (κ3) is 1.38. The third-order valence-corrected chi connectivity index (χ3v) is 3.34. The summed E-state index contributed by atoms with van der Waals surface area (Å²) in [6, 6.07) is 8.77. The molecule has 1 heterocycles. The Morgan fingerprint density at radius 2 is 1.92 bits per heavy atom. The first-order valence-electron chi connectivity index (χ1n) is 4.22. The first-order chi connectivity index (χ1) is 5.71. The molecule has 1 fully saturated rings. The van der Waals surface area contributed by atoms with Crippen molar-refractivity contribution in [2.75, 3.05) is 6.54 Å². The van der Waals surface area contributed by atoms with Gasteiger partial charge in [-0.25, -0.2) is 0 Å². The number of hydrogen-bond acceptors (Lipinski definition) is 1. The lowest BCUT2D eigenvalue weighted by Gasteiger charge is -2.40. The van der Waals surface area contributed by atoms with Crippen LogP contribution in [0.15, 0.2) is 24.3 Å². The number of halogens is 1. The summed E-state index contributed by atoms with van der Waals surface area (Å²) in [4.78, 5) is 0. The summed E-state index contributed by atoms with van der Waals surface area (Å²) < 4.78 is 1.30. The van der Waals surface area contributed by atoms with E-state index in [-0.39, 0.29) is 5.54 Å². The fourth-order valence-electron chi connectivity index (χ4n) is 1.56. The minimum atomic E-state index is 0.254. The molecule has 1 unspecified atom stereocenters. The molecule has 0 radical (unpaired) electrons. The van der Waals surface area contributed by atoms with Gasteiger partial charge >= 0.3 is 0 Å². The number of rotatable bonds is 1. The Morgan fingerprint density at radius 1 is 1.33 bits per heavy atom. The second kappa shape index (κ2) is 3.00. The Bertz CT molecular complexity index is 274. The van der Waals surface area contributed by atoms with Crippen molar-refractivity contribution < 1.29 is 0 Å². The lowest BCUT2D eigenvalue weighted by Crippen LogP contribution is -2.51. The van der Waals surface area contributed by atoms with Crippen LogP contribution in [0.1, 0.15) is 18.9 Å². The summed E-state index contributed by atoms with van der Waals surface area (Å²) in [5, 5.41) is 3.46. The first kappa shape index (κ1) is 8.51. The fraction of sp³-hybridized carbons (Fsp3) is 0.400. The van der Waals surface area contributed by atoms with Crippen molar-refractivity contribution in [1.82, 2.24) is 5.32 Å². The van der Waals surface area contributed by atoms with Crippen molar-refractivity contribution in [2.45, 2.75) is 18.9 Å². The van der Waals surface area contributed by atoms with Gasteiger partial charge in [0, 0.05) is 9.11 Å². The molecule has 2 rings (SSSR count). The van der Waals surface area contributed by atoms with Crippen LogP contribution in [0.3, 0.4) is 0 Å². The summed E-state index contributed by atoms with van der Waals surface area (Å²) >= 11 is 2.33. The SMILES string of the molecule is CC1(c2ccc(I)cc2)CCN1. The number of nitrogens with one attached hydrogen (secondary N) is 1. The predicted molar refractivity (Wildman–Crippen MR) is 59.1 cm³/mol. The molecule has 1 atom stereocenters. The summed E-state index contributed by atoms with van der Waals surface area (Å²) in [6.45, 7) is 3.42. The second-order valence-electron chi connectivity index (χ2n) is 3.52. The zero-order chi connectivity index (χ0) is 8.60. The standard InChI is InChI=1S/C10H12IN/c1-10(6-7-12-10)8-2-4-9(11)5-3-8/h2-5,12H,6-7H2,1H3. The smallest absolute Gasteiger partial charge is 0.0418 e. The summed E-state index contributed by atoms with van der Waals surface area (Å²) in [5.74, 6) is 0. The molecule has 1 N–H and O–H groups in total. The molecule has 0 bridgehead atoms. The maximum atomic E-state index is 3.46. The van der Waals surface area contributed by atoms with Gasteiger partial charge in [0.25, 0.3) is 0 Å². The van der Waals surface area contributed by atoms with E-state index in [2.05, 4.69) is 59.1 Å². The molecule has 1 aliphatic heterocycles. The molecule has 0 spiro atoms. The van der Waals surface area contributed by atoms with Gasteiger partial charge in [0.2, 0.25) is 0 Å². The highest BCUT2D eigenvalue weighted by Crippen LogP contribution is 2.30. The minimum absolute atomic E-state index is 0.254. The Labute approximate surface area is 86.7 Å². The van der Waals surface area contributed by atoms with E-state index in [1.165, 1.54) is 15.6 Å². The van der Waals surface area contributed by atoms with Gasteiger partial charge in [-0.2, -0.15) is 0 Å². The zero-order valence-electron chi connectivity index (χ0n) is 7.10. The topological polar surface area (TPSA) is 12.0 Å². The van der Waals surface area contributed by atoms with Crippen molar-refractivity contribution in [2.24, 2.45) is 0 Å². The molecule has 0 amide bonds. The van der Waals surface area contributed by atoms with E-state index >= 15 is 0 Å². The monoisotopic (exact) mass is 273 g/mol. The highest BCUT2D eigenvalue weighted by Gasteiger charge is 2.32. The summed E-state index contributed by atoms with van der Waals surface area (Å²) in [6.07, 6.45) is 1.26. The van der Waals surface area contributed by atoms with Gasteiger partial charge in [0.1, 0.15) is 0 Å². The molecular formula is C10H12IN. The van der Waals surface area contributed by atoms with Crippen LogP contribution in [-0.4, -0.2) is 6.54 Å². The Hall–Kier alpha value is -0.0900. The van der Waals surface area contributed by atoms with Crippen LogP contribution in [0.2, 0.25) is 0 Å². The molecule has 1 nitrogen and oxygen atoms in total. The van der Waals surface area contributed by atoms with Crippen LogP contribution in [0.5, 0.6) is 0 Å².